The minimum Gasteiger partial charge on any atom is -0.349 e. The Morgan fingerprint density at radius 3 is 1.00 bits per heavy atom. The number of amides is 3. The van der Waals surface area contributed by atoms with E-state index in [0.29, 0.717) is 52.2 Å². The highest BCUT2D eigenvalue weighted by Crippen LogP contribution is 2.51. The summed E-state index contributed by atoms with van der Waals surface area (Å²) < 4.78 is 0. The first kappa shape index (κ1) is 28.4. The van der Waals surface area contributed by atoms with Crippen LogP contribution < -0.4 is 16.0 Å². The zero-order valence-electron chi connectivity index (χ0n) is 25.9. The molecule has 3 amide bonds. The molecule has 6 nitrogen and oxygen atoms in total. The number of hydrogen-bond donors (Lipinski definition) is 3. The van der Waals surface area contributed by atoms with Crippen molar-refractivity contribution in [2.75, 3.05) is 0 Å². The number of carbonyl (C=O) groups excluding carboxylic acids is 3. The van der Waals surface area contributed by atoms with Crippen LogP contribution in [0.4, 0.5) is 0 Å². The Bertz CT molecular complexity index is 1070. The number of nitrogens with one attached hydrogen (secondary N) is 3. The van der Waals surface area contributed by atoms with Crippen molar-refractivity contribution in [1.82, 2.24) is 16.0 Å². The van der Waals surface area contributed by atoms with E-state index in [0.717, 1.165) is 17.8 Å². The topological polar surface area (TPSA) is 87.3 Å². The average molecular weight is 574 g/mol. The van der Waals surface area contributed by atoms with Gasteiger partial charge in [-0.2, -0.15) is 0 Å². The van der Waals surface area contributed by atoms with Gasteiger partial charge in [0.2, 0.25) is 0 Å². The van der Waals surface area contributed by atoms with Crippen LogP contribution in [0, 0.1) is 53.3 Å². The second kappa shape index (κ2) is 11.3. The highest BCUT2D eigenvalue weighted by molar-refractivity contribution is 6.04. The van der Waals surface area contributed by atoms with E-state index in [4.69, 9.17) is 0 Å². The Balaban J connectivity index is 1.08. The van der Waals surface area contributed by atoms with E-state index in [1.807, 2.05) is 0 Å². The molecule has 6 heteroatoms. The molecule has 6 fully saturated rings. The molecule has 0 spiro atoms. The van der Waals surface area contributed by atoms with Gasteiger partial charge in [-0.25, -0.2) is 0 Å². The minimum absolute atomic E-state index is 0.0816. The number of benzene rings is 1. The van der Waals surface area contributed by atoms with Crippen LogP contribution in [0.5, 0.6) is 0 Å². The van der Waals surface area contributed by atoms with Crippen LogP contribution >= 0.6 is 0 Å². The lowest BCUT2D eigenvalue weighted by molar-refractivity contribution is 0.0914. The van der Waals surface area contributed by atoms with Gasteiger partial charge in [-0.15, -0.1) is 0 Å². The number of carbonyl (C=O) groups is 3. The van der Waals surface area contributed by atoms with E-state index in [1.165, 1.54) is 77.0 Å². The molecule has 228 valence electrons. The van der Waals surface area contributed by atoms with Gasteiger partial charge in [-0.3, -0.25) is 14.4 Å². The maximum absolute atomic E-state index is 13.6. The SMILES string of the molecule is C[C@H](NC(=O)c1cc(C(=O)N[C@@H](C)[C@@H]2C[C@@H]3CC[C@@H]2C3)cc(C(=O)N[C@H](C)[C@H]2C[C@@H]3CC[C@@H]2C3)c1)[C@@H]1C[C@@H]2CC[C@@H]1C2. The highest BCUT2D eigenvalue weighted by Gasteiger charge is 2.44. The molecule has 0 aliphatic heterocycles. The van der Waals surface area contributed by atoms with Gasteiger partial charge in [0, 0.05) is 34.8 Å². The molecule has 0 aromatic heterocycles. The summed E-state index contributed by atoms with van der Waals surface area (Å²) >= 11 is 0. The molecule has 3 N–H and O–H groups in total. The first-order valence-electron chi connectivity index (χ1n) is 17.3. The van der Waals surface area contributed by atoms with Crippen LogP contribution in [0.2, 0.25) is 0 Å². The lowest BCUT2D eigenvalue weighted by Gasteiger charge is -2.29. The zero-order valence-corrected chi connectivity index (χ0v) is 25.9. The lowest BCUT2D eigenvalue weighted by atomic mass is 9.83. The summed E-state index contributed by atoms with van der Waals surface area (Å²) in [6, 6.07) is 5.33. The van der Waals surface area contributed by atoms with Crippen molar-refractivity contribution in [1.29, 1.82) is 0 Å². The fourth-order valence-corrected chi connectivity index (χ4v) is 10.9. The second-order valence-corrected chi connectivity index (χ2v) is 15.6. The molecule has 0 saturated heterocycles. The molecule has 12 atom stereocenters. The molecule has 6 aliphatic rings. The van der Waals surface area contributed by atoms with Crippen molar-refractivity contribution < 1.29 is 14.4 Å². The molecule has 6 aliphatic carbocycles. The van der Waals surface area contributed by atoms with Crippen LogP contribution in [-0.4, -0.2) is 35.8 Å². The molecular formula is C36H51N3O3. The van der Waals surface area contributed by atoms with Crippen LogP contribution in [0.25, 0.3) is 0 Å². The van der Waals surface area contributed by atoms with Crippen molar-refractivity contribution in [3.8, 4) is 0 Å². The summed E-state index contributed by atoms with van der Waals surface area (Å²) in [4.78, 5) is 40.9. The number of rotatable bonds is 9. The fraction of sp³-hybridized carbons (Fsp3) is 0.750. The molecule has 6 saturated carbocycles. The van der Waals surface area contributed by atoms with Gasteiger partial charge in [0.15, 0.2) is 0 Å². The average Bonchev–Trinajstić information content (AvgIpc) is 3.84. The summed E-state index contributed by atoms with van der Waals surface area (Å²) in [5.41, 5.74) is 1.22. The Kier molecular flexibility index (Phi) is 7.63. The predicted octanol–water partition coefficient (Wildman–Crippen LogP) is 6.35. The van der Waals surface area contributed by atoms with E-state index < -0.39 is 0 Å². The first-order valence-corrected chi connectivity index (χ1v) is 17.3. The summed E-state index contributed by atoms with van der Waals surface area (Å²) in [5, 5.41) is 9.78. The largest absolute Gasteiger partial charge is 0.349 e. The molecule has 0 unspecified atom stereocenters. The molecule has 7 rings (SSSR count). The minimum atomic E-state index is -0.184. The van der Waals surface area contributed by atoms with Gasteiger partial charge < -0.3 is 16.0 Å². The molecule has 0 radical (unpaired) electrons. The third kappa shape index (κ3) is 5.41. The standard InChI is InChI=1S/C36H51N3O3/c1-19(31-13-22-4-7-25(31)10-22)37-34(40)28-16-29(35(41)38-20(2)32-14-23-5-8-26(32)11-23)18-30(17-28)36(42)39-21(3)33-15-24-6-9-27(33)12-24/h16-27,31-33H,4-15H2,1-3H3,(H,37,40)(H,38,41)(H,39,42)/t19-,20-,21+,22+,23+,24+,25+,26+,27+,31-,32-,33+/m0/s1. The maximum Gasteiger partial charge on any atom is 0.251 e. The molecule has 0 heterocycles. The number of fused-ring (bicyclic) bond motifs is 6. The van der Waals surface area contributed by atoms with Crippen molar-refractivity contribution in [2.24, 2.45) is 53.3 Å². The highest BCUT2D eigenvalue weighted by atomic mass is 16.2. The predicted molar refractivity (Wildman–Crippen MR) is 164 cm³/mol. The molecule has 1 aromatic rings. The van der Waals surface area contributed by atoms with Crippen molar-refractivity contribution in [3.05, 3.63) is 34.9 Å². The normalized spacial score (nSPS) is 37.9. The first-order chi connectivity index (χ1) is 20.2. The van der Waals surface area contributed by atoms with Crippen LogP contribution in [-0.2, 0) is 0 Å². The van der Waals surface area contributed by atoms with Gasteiger partial charge >= 0.3 is 0 Å². The molecule has 42 heavy (non-hydrogen) atoms. The van der Waals surface area contributed by atoms with Gasteiger partial charge in [0.05, 0.1) is 0 Å². The maximum atomic E-state index is 13.6. The van der Waals surface area contributed by atoms with Gasteiger partial charge in [-0.05, 0) is 150 Å². The molecule has 6 bridgehead atoms. The van der Waals surface area contributed by atoms with E-state index in [2.05, 4.69) is 36.7 Å². The van der Waals surface area contributed by atoms with Crippen molar-refractivity contribution in [3.63, 3.8) is 0 Å². The van der Waals surface area contributed by atoms with Gasteiger partial charge in [-0.1, -0.05) is 19.3 Å². The summed E-state index contributed by atoms with van der Waals surface area (Å²) in [7, 11) is 0. The fourth-order valence-electron chi connectivity index (χ4n) is 10.9. The van der Waals surface area contributed by atoms with Gasteiger partial charge in [0.25, 0.3) is 17.7 Å². The van der Waals surface area contributed by atoms with E-state index in [-0.39, 0.29) is 35.8 Å². The van der Waals surface area contributed by atoms with Crippen molar-refractivity contribution >= 4 is 17.7 Å². The lowest BCUT2D eigenvalue weighted by Crippen LogP contribution is -2.42. The van der Waals surface area contributed by atoms with E-state index in [1.54, 1.807) is 18.2 Å². The van der Waals surface area contributed by atoms with Crippen LogP contribution in [0.1, 0.15) is 129 Å². The van der Waals surface area contributed by atoms with Crippen LogP contribution in [0.15, 0.2) is 18.2 Å². The number of hydrogen-bond acceptors (Lipinski definition) is 3. The summed E-state index contributed by atoms with van der Waals surface area (Å²) in [5.74, 6) is 5.59. The second-order valence-electron chi connectivity index (χ2n) is 15.6. The smallest absolute Gasteiger partial charge is 0.251 e. The summed E-state index contributed by atoms with van der Waals surface area (Å²) in [6.07, 6.45) is 15.3. The Labute approximate surface area is 251 Å². The monoisotopic (exact) mass is 573 g/mol. The van der Waals surface area contributed by atoms with Crippen LogP contribution in [0.3, 0.4) is 0 Å². The van der Waals surface area contributed by atoms with E-state index in [9.17, 15) is 14.4 Å². The quantitative estimate of drug-likeness (QED) is 0.322. The molecular weight excluding hydrogens is 522 g/mol. The van der Waals surface area contributed by atoms with Gasteiger partial charge in [0.1, 0.15) is 0 Å². The van der Waals surface area contributed by atoms with Crippen molar-refractivity contribution in [2.45, 2.75) is 116 Å². The molecule has 1 aromatic carbocycles. The summed E-state index contributed by atoms with van der Waals surface area (Å²) in [6.45, 7) is 6.38. The zero-order chi connectivity index (χ0) is 29.1. The third-order valence-corrected chi connectivity index (χ3v) is 13.1. The third-order valence-electron chi connectivity index (χ3n) is 13.1. The Morgan fingerprint density at radius 1 is 0.500 bits per heavy atom. The van der Waals surface area contributed by atoms with E-state index >= 15 is 0 Å². The Morgan fingerprint density at radius 2 is 0.786 bits per heavy atom. The Hall–Kier alpha value is -2.37.